The van der Waals surface area contributed by atoms with E-state index in [0.29, 0.717) is 0 Å². The lowest BCUT2D eigenvalue weighted by atomic mass is 9.91. The molecule has 15 heavy (non-hydrogen) atoms. The number of thiophene rings is 1. The van der Waals surface area contributed by atoms with Crippen molar-refractivity contribution in [3.05, 3.63) is 22.4 Å². The second-order valence-electron chi connectivity index (χ2n) is 5.04. The van der Waals surface area contributed by atoms with Gasteiger partial charge in [0, 0.05) is 6.04 Å². The van der Waals surface area contributed by atoms with Crippen molar-refractivity contribution in [2.24, 2.45) is 5.92 Å². The van der Waals surface area contributed by atoms with E-state index in [0.717, 1.165) is 17.9 Å². The minimum atomic E-state index is 0.850. The summed E-state index contributed by atoms with van der Waals surface area (Å²) in [5.41, 5.74) is 1.60. The molecule has 0 spiro atoms. The van der Waals surface area contributed by atoms with Gasteiger partial charge in [0.25, 0.3) is 0 Å². The van der Waals surface area contributed by atoms with Crippen molar-refractivity contribution in [2.75, 3.05) is 6.54 Å². The van der Waals surface area contributed by atoms with Crippen LogP contribution in [0.3, 0.4) is 0 Å². The minimum Gasteiger partial charge on any atom is -0.314 e. The Bertz CT molecular complexity index is 302. The fourth-order valence-corrected chi connectivity index (χ4v) is 3.54. The van der Waals surface area contributed by atoms with Crippen molar-refractivity contribution in [3.63, 3.8) is 0 Å². The minimum absolute atomic E-state index is 0.850. The van der Waals surface area contributed by atoms with E-state index in [2.05, 4.69) is 22.1 Å². The van der Waals surface area contributed by atoms with Crippen LogP contribution in [0.15, 0.2) is 16.8 Å². The van der Waals surface area contributed by atoms with E-state index in [1.54, 1.807) is 5.56 Å². The van der Waals surface area contributed by atoms with Gasteiger partial charge in [-0.05, 0) is 66.5 Å². The molecule has 2 saturated carbocycles. The monoisotopic (exact) mass is 221 g/mol. The molecule has 1 aromatic rings. The molecule has 3 rings (SSSR count). The van der Waals surface area contributed by atoms with Gasteiger partial charge < -0.3 is 5.32 Å². The maximum Gasteiger partial charge on any atom is 0.00683 e. The Morgan fingerprint density at radius 1 is 1.27 bits per heavy atom. The number of hydrogen-bond donors (Lipinski definition) is 1. The van der Waals surface area contributed by atoms with Crippen molar-refractivity contribution in [1.29, 1.82) is 0 Å². The highest BCUT2D eigenvalue weighted by Crippen LogP contribution is 2.40. The Kier molecular flexibility index (Phi) is 2.80. The van der Waals surface area contributed by atoms with Crippen LogP contribution in [0.5, 0.6) is 0 Å². The summed E-state index contributed by atoms with van der Waals surface area (Å²) in [6, 6.07) is 3.19. The van der Waals surface area contributed by atoms with Gasteiger partial charge in [-0.2, -0.15) is 11.3 Å². The highest BCUT2D eigenvalue weighted by Gasteiger charge is 2.30. The summed E-state index contributed by atoms with van der Waals surface area (Å²) in [5, 5.41) is 8.26. The van der Waals surface area contributed by atoms with Gasteiger partial charge in [0.15, 0.2) is 0 Å². The van der Waals surface area contributed by atoms with Gasteiger partial charge in [-0.1, -0.05) is 6.42 Å². The standard InChI is InChI=1S/C13H19NS/c1-2-10(8-14-12-4-5-12)13(3-1)11-6-7-15-9-11/h6-7,9-10,12-14H,1-5,8H2. The summed E-state index contributed by atoms with van der Waals surface area (Å²) >= 11 is 1.84. The van der Waals surface area contributed by atoms with E-state index >= 15 is 0 Å². The number of nitrogens with one attached hydrogen (secondary N) is 1. The maximum atomic E-state index is 3.69. The van der Waals surface area contributed by atoms with Crippen LogP contribution in [-0.2, 0) is 0 Å². The van der Waals surface area contributed by atoms with Crippen LogP contribution < -0.4 is 5.32 Å². The zero-order valence-electron chi connectivity index (χ0n) is 9.11. The van der Waals surface area contributed by atoms with Gasteiger partial charge in [0.1, 0.15) is 0 Å². The molecule has 1 aromatic heterocycles. The zero-order valence-corrected chi connectivity index (χ0v) is 9.93. The molecule has 2 aliphatic carbocycles. The molecule has 1 heterocycles. The number of rotatable bonds is 4. The Morgan fingerprint density at radius 2 is 2.20 bits per heavy atom. The van der Waals surface area contributed by atoms with E-state index in [1.165, 1.54) is 38.6 Å². The Balaban J connectivity index is 1.61. The average molecular weight is 221 g/mol. The van der Waals surface area contributed by atoms with Crippen molar-refractivity contribution < 1.29 is 0 Å². The first-order valence-electron chi connectivity index (χ1n) is 6.19. The molecule has 0 amide bonds. The summed E-state index contributed by atoms with van der Waals surface area (Å²) in [4.78, 5) is 0. The quantitative estimate of drug-likeness (QED) is 0.822. The van der Waals surface area contributed by atoms with Crippen LogP contribution in [0.2, 0.25) is 0 Å². The molecular formula is C13H19NS. The third kappa shape index (κ3) is 2.26. The first-order chi connectivity index (χ1) is 7.43. The Hall–Kier alpha value is -0.340. The molecule has 2 aliphatic rings. The molecule has 1 N–H and O–H groups in total. The maximum absolute atomic E-state index is 3.69. The molecule has 2 heteroatoms. The molecule has 0 bridgehead atoms. The van der Waals surface area contributed by atoms with Gasteiger partial charge in [0.05, 0.1) is 0 Å². The lowest BCUT2D eigenvalue weighted by Crippen LogP contribution is -2.26. The average Bonchev–Trinajstić information content (AvgIpc) is 2.79. The van der Waals surface area contributed by atoms with Gasteiger partial charge in [-0.3, -0.25) is 0 Å². The summed E-state index contributed by atoms with van der Waals surface area (Å²) in [5.74, 6) is 1.75. The van der Waals surface area contributed by atoms with Crippen LogP contribution in [0, 0.1) is 5.92 Å². The zero-order chi connectivity index (χ0) is 10.1. The normalized spacial score (nSPS) is 30.9. The first-order valence-corrected chi connectivity index (χ1v) is 7.13. The van der Waals surface area contributed by atoms with Crippen molar-refractivity contribution in [3.8, 4) is 0 Å². The highest BCUT2D eigenvalue weighted by molar-refractivity contribution is 7.07. The Morgan fingerprint density at radius 3 is 2.93 bits per heavy atom. The summed E-state index contributed by atoms with van der Waals surface area (Å²) in [7, 11) is 0. The van der Waals surface area contributed by atoms with Crippen LogP contribution in [-0.4, -0.2) is 12.6 Å². The predicted octanol–water partition coefficient (Wildman–Crippen LogP) is 3.38. The van der Waals surface area contributed by atoms with Crippen LogP contribution in [0.1, 0.15) is 43.6 Å². The summed E-state index contributed by atoms with van der Waals surface area (Å²) in [6.07, 6.45) is 7.09. The molecule has 2 unspecified atom stereocenters. The molecule has 1 nitrogen and oxygen atoms in total. The number of hydrogen-bond acceptors (Lipinski definition) is 2. The smallest absolute Gasteiger partial charge is 0.00683 e. The molecule has 0 saturated heterocycles. The van der Waals surface area contributed by atoms with Crippen molar-refractivity contribution in [2.45, 2.75) is 44.1 Å². The summed E-state index contributed by atoms with van der Waals surface area (Å²) < 4.78 is 0. The topological polar surface area (TPSA) is 12.0 Å². The van der Waals surface area contributed by atoms with E-state index in [9.17, 15) is 0 Å². The predicted molar refractivity (Wildman–Crippen MR) is 65.4 cm³/mol. The third-order valence-electron chi connectivity index (χ3n) is 3.88. The van der Waals surface area contributed by atoms with Gasteiger partial charge in [-0.15, -0.1) is 0 Å². The second kappa shape index (κ2) is 4.26. The van der Waals surface area contributed by atoms with Crippen molar-refractivity contribution >= 4 is 11.3 Å². The molecule has 2 atom stereocenters. The van der Waals surface area contributed by atoms with Crippen LogP contribution in [0.25, 0.3) is 0 Å². The SMILES string of the molecule is c1cc(C2CCCC2CNC2CC2)cs1. The van der Waals surface area contributed by atoms with E-state index < -0.39 is 0 Å². The van der Waals surface area contributed by atoms with E-state index in [-0.39, 0.29) is 0 Å². The van der Waals surface area contributed by atoms with Crippen LogP contribution >= 0.6 is 11.3 Å². The van der Waals surface area contributed by atoms with Gasteiger partial charge in [0.2, 0.25) is 0 Å². The van der Waals surface area contributed by atoms with Crippen LogP contribution in [0.4, 0.5) is 0 Å². The fourth-order valence-electron chi connectivity index (χ4n) is 2.81. The third-order valence-corrected chi connectivity index (χ3v) is 4.58. The molecular weight excluding hydrogens is 202 g/mol. The van der Waals surface area contributed by atoms with Gasteiger partial charge in [-0.25, -0.2) is 0 Å². The van der Waals surface area contributed by atoms with E-state index in [1.807, 2.05) is 11.3 Å². The summed E-state index contributed by atoms with van der Waals surface area (Å²) in [6.45, 7) is 1.26. The molecule has 0 aliphatic heterocycles. The molecule has 0 radical (unpaired) electrons. The molecule has 2 fully saturated rings. The Labute approximate surface area is 95.9 Å². The van der Waals surface area contributed by atoms with E-state index in [4.69, 9.17) is 0 Å². The molecule has 82 valence electrons. The largest absolute Gasteiger partial charge is 0.314 e. The first kappa shape index (κ1) is 9.86. The van der Waals surface area contributed by atoms with Crippen molar-refractivity contribution in [1.82, 2.24) is 5.32 Å². The van der Waals surface area contributed by atoms with Gasteiger partial charge >= 0.3 is 0 Å². The lowest BCUT2D eigenvalue weighted by molar-refractivity contribution is 0.443. The molecule has 0 aromatic carbocycles. The lowest BCUT2D eigenvalue weighted by Gasteiger charge is -2.19. The highest BCUT2D eigenvalue weighted by atomic mass is 32.1. The fraction of sp³-hybridized carbons (Fsp3) is 0.692. The second-order valence-corrected chi connectivity index (χ2v) is 5.82.